The smallest absolute Gasteiger partial charge is 0.273 e. The molecule has 18 heavy (non-hydrogen) atoms. The van der Waals surface area contributed by atoms with Gasteiger partial charge in [-0.05, 0) is 13.3 Å². The van der Waals surface area contributed by atoms with Crippen LogP contribution in [-0.4, -0.2) is 28.6 Å². The molecule has 1 rings (SSSR count). The SMILES string of the molecule is CC(O)CCNC(=O)Cc1ccccc1[N+](=O)[O-]. The van der Waals surface area contributed by atoms with Crippen LogP contribution >= 0.6 is 0 Å². The van der Waals surface area contributed by atoms with Gasteiger partial charge in [0.2, 0.25) is 5.91 Å². The summed E-state index contributed by atoms with van der Waals surface area (Å²) in [6.07, 6.45) is -0.0454. The number of hydrogen-bond donors (Lipinski definition) is 2. The molecule has 0 radical (unpaired) electrons. The highest BCUT2D eigenvalue weighted by Gasteiger charge is 2.15. The van der Waals surface area contributed by atoms with Crippen LogP contribution in [0.4, 0.5) is 5.69 Å². The van der Waals surface area contributed by atoms with Gasteiger partial charge >= 0.3 is 0 Å². The van der Waals surface area contributed by atoms with Crippen molar-refractivity contribution in [3.05, 3.63) is 39.9 Å². The summed E-state index contributed by atoms with van der Waals surface area (Å²) in [7, 11) is 0. The van der Waals surface area contributed by atoms with E-state index in [9.17, 15) is 14.9 Å². The normalized spacial score (nSPS) is 11.9. The minimum absolute atomic E-state index is 0.0308. The Hall–Kier alpha value is -1.95. The molecular weight excluding hydrogens is 236 g/mol. The molecule has 0 aliphatic carbocycles. The molecule has 6 nitrogen and oxygen atoms in total. The third-order valence-corrected chi connectivity index (χ3v) is 2.42. The number of hydrogen-bond acceptors (Lipinski definition) is 4. The number of amides is 1. The van der Waals surface area contributed by atoms with Crippen molar-refractivity contribution in [2.45, 2.75) is 25.9 Å². The van der Waals surface area contributed by atoms with Gasteiger partial charge in [0.1, 0.15) is 0 Å². The molecule has 6 heteroatoms. The zero-order valence-electron chi connectivity index (χ0n) is 10.1. The number of rotatable bonds is 6. The molecule has 0 aromatic heterocycles. The number of para-hydroxylation sites is 1. The van der Waals surface area contributed by atoms with Crippen LogP contribution < -0.4 is 5.32 Å². The predicted molar refractivity (Wildman–Crippen MR) is 66.1 cm³/mol. The van der Waals surface area contributed by atoms with Crippen LogP contribution in [-0.2, 0) is 11.2 Å². The number of carbonyl (C=O) groups is 1. The van der Waals surface area contributed by atoms with Crippen molar-refractivity contribution in [3.8, 4) is 0 Å². The molecule has 0 aliphatic rings. The zero-order valence-corrected chi connectivity index (χ0v) is 10.1. The topological polar surface area (TPSA) is 92.5 Å². The van der Waals surface area contributed by atoms with E-state index in [1.807, 2.05) is 0 Å². The molecule has 1 aromatic carbocycles. The van der Waals surface area contributed by atoms with Gasteiger partial charge in [-0.25, -0.2) is 0 Å². The van der Waals surface area contributed by atoms with E-state index in [4.69, 9.17) is 5.11 Å². The van der Waals surface area contributed by atoms with Crippen LogP contribution in [0.1, 0.15) is 18.9 Å². The molecule has 1 unspecified atom stereocenters. The molecular formula is C12H16N2O4. The molecule has 0 aliphatic heterocycles. The van der Waals surface area contributed by atoms with E-state index in [0.29, 0.717) is 18.5 Å². The van der Waals surface area contributed by atoms with Crippen LogP contribution in [0.2, 0.25) is 0 Å². The van der Waals surface area contributed by atoms with Gasteiger partial charge in [-0.15, -0.1) is 0 Å². The highest BCUT2D eigenvalue weighted by molar-refractivity contribution is 5.79. The second-order valence-corrected chi connectivity index (χ2v) is 4.05. The predicted octanol–water partition coefficient (Wildman–Crippen LogP) is 1.02. The average molecular weight is 252 g/mol. The highest BCUT2D eigenvalue weighted by atomic mass is 16.6. The molecule has 1 aromatic rings. The summed E-state index contributed by atoms with van der Waals surface area (Å²) in [6.45, 7) is 1.99. The minimum atomic E-state index is -0.502. The van der Waals surface area contributed by atoms with Gasteiger partial charge in [-0.1, -0.05) is 18.2 Å². The van der Waals surface area contributed by atoms with Crippen molar-refractivity contribution in [3.63, 3.8) is 0 Å². The summed E-state index contributed by atoms with van der Waals surface area (Å²) < 4.78 is 0. The summed E-state index contributed by atoms with van der Waals surface area (Å²) in [5.41, 5.74) is 0.334. The van der Waals surface area contributed by atoms with E-state index < -0.39 is 11.0 Å². The molecule has 0 saturated carbocycles. The maximum atomic E-state index is 11.6. The molecule has 0 spiro atoms. The van der Waals surface area contributed by atoms with Gasteiger partial charge in [0.15, 0.2) is 0 Å². The standard InChI is InChI=1S/C12H16N2O4/c1-9(15)6-7-13-12(16)8-10-4-2-3-5-11(10)14(17)18/h2-5,9,15H,6-8H2,1H3,(H,13,16). The van der Waals surface area contributed by atoms with Gasteiger partial charge < -0.3 is 10.4 Å². The highest BCUT2D eigenvalue weighted by Crippen LogP contribution is 2.17. The number of carbonyl (C=O) groups excluding carboxylic acids is 1. The fourth-order valence-corrected chi connectivity index (χ4v) is 1.49. The van der Waals surface area contributed by atoms with Crippen molar-refractivity contribution < 1.29 is 14.8 Å². The number of aliphatic hydroxyl groups excluding tert-OH is 1. The quantitative estimate of drug-likeness (QED) is 0.584. The summed E-state index contributed by atoms with van der Waals surface area (Å²) in [6, 6.07) is 6.16. The second-order valence-electron chi connectivity index (χ2n) is 4.05. The number of nitrogens with one attached hydrogen (secondary N) is 1. The van der Waals surface area contributed by atoms with Crippen LogP contribution in [0.5, 0.6) is 0 Å². The number of nitro benzene ring substituents is 1. The average Bonchev–Trinajstić information content (AvgIpc) is 2.28. The van der Waals surface area contributed by atoms with Crippen molar-refractivity contribution in [1.82, 2.24) is 5.32 Å². The number of aliphatic hydroxyl groups is 1. The van der Waals surface area contributed by atoms with Gasteiger partial charge in [0.25, 0.3) is 5.69 Å². The molecule has 2 N–H and O–H groups in total. The number of nitro groups is 1. The van der Waals surface area contributed by atoms with Crippen LogP contribution in [0.25, 0.3) is 0 Å². The fourth-order valence-electron chi connectivity index (χ4n) is 1.49. The van der Waals surface area contributed by atoms with Gasteiger partial charge in [-0.3, -0.25) is 14.9 Å². The maximum absolute atomic E-state index is 11.6. The summed E-state index contributed by atoms with van der Waals surface area (Å²) in [5.74, 6) is -0.287. The van der Waals surface area contributed by atoms with E-state index in [-0.39, 0.29) is 18.0 Å². The Morgan fingerprint density at radius 2 is 2.17 bits per heavy atom. The van der Waals surface area contributed by atoms with Gasteiger partial charge in [-0.2, -0.15) is 0 Å². The lowest BCUT2D eigenvalue weighted by molar-refractivity contribution is -0.385. The molecule has 0 heterocycles. The van der Waals surface area contributed by atoms with Crippen LogP contribution in [0, 0.1) is 10.1 Å². The molecule has 0 saturated heterocycles. The lowest BCUT2D eigenvalue weighted by Crippen LogP contribution is -2.28. The Labute approximate surface area is 105 Å². The van der Waals surface area contributed by atoms with Crippen molar-refractivity contribution in [1.29, 1.82) is 0 Å². The Kier molecular flexibility index (Phi) is 5.26. The summed E-state index contributed by atoms with van der Waals surface area (Å²) in [4.78, 5) is 21.8. The monoisotopic (exact) mass is 252 g/mol. The second kappa shape index (κ2) is 6.70. The molecule has 0 fully saturated rings. The van der Waals surface area contributed by atoms with E-state index in [0.717, 1.165) is 0 Å². The zero-order chi connectivity index (χ0) is 13.5. The first-order valence-corrected chi connectivity index (χ1v) is 5.67. The van der Waals surface area contributed by atoms with Crippen molar-refractivity contribution in [2.75, 3.05) is 6.54 Å². The Morgan fingerprint density at radius 1 is 1.50 bits per heavy atom. The molecule has 1 atom stereocenters. The summed E-state index contributed by atoms with van der Waals surface area (Å²) in [5, 5.41) is 22.4. The van der Waals surface area contributed by atoms with E-state index in [2.05, 4.69) is 5.32 Å². The first-order valence-electron chi connectivity index (χ1n) is 5.67. The first-order chi connectivity index (χ1) is 8.50. The lowest BCUT2D eigenvalue weighted by Gasteiger charge is -2.07. The van der Waals surface area contributed by atoms with E-state index >= 15 is 0 Å². The Morgan fingerprint density at radius 3 is 2.78 bits per heavy atom. The Balaban J connectivity index is 2.56. The van der Waals surface area contributed by atoms with E-state index in [1.54, 1.807) is 25.1 Å². The van der Waals surface area contributed by atoms with E-state index in [1.165, 1.54) is 6.07 Å². The molecule has 98 valence electrons. The van der Waals surface area contributed by atoms with Gasteiger partial charge in [0, 0.05) is 18.2 Å². The third-order valence-electron chi connectivity index (χ3n) is 2.42. The number of nitrogens with zero attached hydrogens (tertiary/aromatic N) is 1. The molecule has 1 amide bonds. The van der Waals surface area contributed by atoms with Crippen molar-refractivity contribution >= 4 is 11.6 Å². The molecule has 0 bridgehead atoms. The van der Waals surface area contributed by atoms with Crippen LogP contribution in [0.15, 0.2) is 24.3 Å². The van der Waals surface area contributed by atoms with Crippen LogP contribution in [0.3, 0.4) is 0 Å². The lowest BCUT2D eigenvalue weighted by atomic mass is 10.1. The maximum Gasteiger partial charge on any atom is 0.273 e. The third kappa shape index (κ3) is 4.50. The van der Waals surface area contributed by atoms with Gasteiger partial charge in [0.05, 0.1) is 17.4 Å². The summed E-state index contributed by atoms with van der Waals surface area (Å²) >= 11 is 0. The minimum Gasteiger partial charge on any atom is -0.393 e. The fraction of sp³-hybridized carbons (Fsp3) is 0.417. The largest absolute Gasteiger partial charge is 0.393 e. The number of benzene rings is 1. The first kappa shape index (κ1) is 14.1. The Bertz CT molecular complexity index is 432. The van der Waals surface area contributed by atoms with Crippen molar-refractivity contribution in [2.24, 2.45) is 0 Å².